The molecule has 0 fully saturated rings. The van der Waals surface area contributed by atoms with Gasteiger partial charge in [0, 0.05) is 18.0 Å². The number of carbonyl (C=O) groups is 2. The molecule has 0 saturated heterocycles. The lowest BCUT2D eigenvalue weighted by molar-refractivity contribution is -0.142. The number of fused-ring (bicyclic) bond motifs is 1. The number of nitrogens with one attached hydrogen (secondary N) is 1. The van der Waals surface area contributed by atoms with Crippen LogP contribution in [-0.2, 0) is 16.0 Å². The highest BCUT2D eigenvalue weighted by atomic mass is 16.5. The first-order valence-corrected chi connectivity index (χ1v) is 8.09. The molecule has 0 aliphatic rings. The fourth-order valence-corrected chi connectivity index (χ4v) is 2.73. The highest BCUT2D eigenvalue weighted by molar-refractivity contribution is 6.06. The zero-order chi connectivity index (χ0) is 18.5. The normalized spacial score (nSPS) is 11.7. The average molecular weight is 350 g/mol. The highest BCUT2D eigenvalue weighted by Gasteiger charge is 2.23. The van der Waals surface area contributed by atoms with E-state index in [9.17, 15) is 14.7 Å². The van der Waals surface area contributed by atoms with Crippen LogP contribution in [0.4, 0.5) is 0 Å². The number of nitrogens with zero attached hydrogens (tertiary/aromatic N) is 1. The van der Waals surface area contributed by atoms with Crippen LogP contribution in [0.2, 0.25) is 0 Å². The lowest BCUT2D eigenvalue weighted by Crippen LogP contribution is -2.43. The maximum absolute atomic E-state index is 12.7. The summed E-state index contributed by atoms with van der Waals surface area (Å²) in [5, 5.41) is 12.9. The molecule has 1 heterocycles. The first-order chi connectivity index (χ1) is 12.6. The molecule has 1 atom stereocenters. The van der Waals surface area contributed by atoms with Crippen molar-refractivity contribution in [2.45, 2.75) is 12.5 Å². The molecule has 132 valence electrons. The molecule has 6 nitrogen and oxygen atoms in total. The van der Waals surface area contributed by atoms with E-state index < -0.39 is 17.9 Å². The van der Waals surface area contributed by atoms with Crippen LogP contribution in [0.1, 0.15) is 15.9 Å². The van der Waals surface area contributed by atoms with Gasteiger partial charge in [0.2, 0.25) is 0 Å². The van der Waals surface area contributed by atoms with E-state index in [4.69, 9.17) is 4.74 Å². The maximum atomic E-state index is 12.7. The van der Waals surface area contributed by atoms with E-state index in [0.29, 0.717) is 11.1 Å². The van der Waals surface area contributed by atoms with Crippen LogP contribution in [0.15, 0.2) is 60.8 Å². The molecule has 6 heteroatoms. The van der Waals surface area contributed by atoms with Crippen molar-refractivity contribution in [3.8, 4) is 5.75 Å². The summed E-state index contributed by atoms with van der Waals surface area (Å²) < 4.78 is 4.81. The van der Waals surface area contributed by atoms with Gasteiger partial charge in [-0.25, -0.2) is 4.79 Å². The van der Waals surface area contributed by atoms with Crippen LogP contribution in [0.3, 0.4) is 0 Å². The van der Waals surface area contributed by atoms with Crippen molar-refractivity contribution in [3.05, 3.63) is 71.9 Å². The molecule has 0 radical (unpaired) electrons. The van der Waals surface area contributed by atoms with Gasteiger partial charge in [-0.3, -0.25) is 9.78 Å². The fraction of sp³-hybridized carbons (Fsp3) is 0.150. The first-order valence-electron chi connectivity index (χ1n) is 8.09. The van der Waals surface area contributed by atoms with Crippen molar-refractivity contribution in [2.24, 2.45) is 0 Å². The third-order valence-electron chi connectivity index (χ3n) is 4.04. The summed E-state index contributed by atoms with van der Waals surface area (Å²) in [6.45, 7) is 0. The standard InChI is InChI=1S/C20H18N2O4/c1-26-20(25)17(12-13-7-9-15(23)10-8-13)22-19(24)16-6-2-4-14-5-3-11-21-18(14)16/h2-11,17,23H,12H2,1H3,(H,22,24)/t17-/m1/s1. The van der Waals surface area contributed by atoms with Gasteiger partial charge in [0.15, 0.2) is 0 Å². The first kappa shape index (κ1) is 17.4. The number of pyridine rings is 1. The third-order valence-corrected chi connectivity index (χ3v) is 4.04. The second-order valence-corrected chi connectivity index (χ2v) is 5.80. The van der Waals surface area contributed by atoms with Crippen molar-refractivity contribution in [1.82, 2.24) is 10.3 Å². The molecule has 0 bridgehead atoms. The molecule has 0 spiro atoms. The third kappa shape index (κ3) is 3.80. The van der Waals surface area contributed by atoms with Gasteiger partial charge in [-0.2, -0.15) is 0 Å². The van der Waals surface area contributed by atoms with Crippen molar-refractivity contribution < 1.29 is 19.4 Å². The number of amides is 1. The van der Waals surface area contributed by atoms with Crippen molar-refractivity contribution >= 4 is 22.8 Å². The van der Waals surface area contributed by atoms with Crippen LogP contribution in [-0.4, -0.2) is 35.1 Å². The van der Waals surface area contributed by atoms with Crippen LogP contribution in [0.25, 0.3) is 10.9 Å². The van der Waals surface area contributed by atoms with Gasteiger partial charge in [-0.1, -0.05) is 30.3 Å². The van der Waals surface area contributed by atoms with Gasteiger partial charge in [-0.05, 0) is 29.8 Å². The number of esters is 1. The molecular formula is C20H18N2O4. The van der Waals surface area contributed by atoms with Crippen LogP contribution in [0, 0.1) is 0 Å². The molecule has 3 rings (SSSR count). The lowest BCUT2D eigenvalue weighted by atomic mass is 10.0. The smallest absolute Gasteiger partial charge is 0.328 e. The van der Waals surface area contributed by atoms with E-state index >= 15 is 0 Å². The maximum Gasteiger partial charge on any atom is 0.328 e. The number of rotatable bonds is 5. The average Bonchev–Trinajstić information content (AvgIpc) is 2.68. The van der Waals surface area contributed by atoms with Crippen LogP contribution in [0.5, 0.6) is 5.75 Å². The summed E-state index contributed by atoms with van der Waals surface area (Å²) in [6.07, 6.45) is 1.87. The number of ether oxygens (including phenoxy) is 1. The Bertz CT molecular complexity index is 933. The lowest BCUT2D eigenvalue weighted by Gasteiger charge is -2.17. The molecule has 1 aromatic heterocycles. The van der Waals surface area contributed by atoms with Gasteiger partial charge in [0.05, 0.1) is 18.2 Å². The predicted molar refractivity (Wildman–Crippen MR) is 96.8 cm³/mol. The van der Waals surface area contributed by atoms with E-state index in [-0.39, 0.29) is 12.2 Å². The number of aromatic nitrogens is 1. The SMILES string of the molecule is COC(=O)[C@@H](Cc1ccc(O)cc1)NC(=O)c1cccc2cccnc12. The van der Waals surface area contributed by atoms with Crippen molar-refractivity contribution in [1.29, 1.82) is 0 Å². The van der Waals surface area contributed by atoms with Crippen LogP contribution < -0.4 is 5.32 Å². The Morgan fingerprint density at radius 3 is 2.58 bits per heavy atom. The van der Waals surface area contributed by atoms with Gasteiger partial charge in [0.25, 0.3) is 5.91 Å². The van der Waals surface area contributed by atoms with Crippen LogP contribution >= 0.6 is 0 Å². The molecule has 26 heavy (non-hydrogen) atoms. The Kier molecular flexibility index (Phi) is 5.12. The van der Waals surface area contributed by atoms with Gasteiger partial charge in [0.1, 0.15) is 11.8 Å². The summed E-state index contributed by atoms with van der Waals surface area (Å²) in [7, 11) is 1.28. The quantitative estimate of drug-likeness (QED) is 0.690. The van der Waals surface area contributed by atoms with E-state index in [1.54, 1.807) is 36.5 Å². The summed E-state index contributed by atoms with van der Waals surface area (Å²) in [5.41, 5.74) is 1.75. The second-order valence-electron chi connectivity index (χ2n) is 5.80. The summed E-state index contributed by atoms with van der Waals surface area (Å²) >= 11 is 0. The predicted octanol–water partition coefficient (Wildman–Crippen LogP) is 2.45. The number of benzene rings is 2. The largest absolute Gasteiger partial charge is 0.508 e. The topological polar surface area (TPSA) is 88.5 Å². The minimum Gasteiger partial charge on any atom is -0.508 e. The zero-order valence-electron chi connectivity index (χ0n) is 14.2. The Hall–Kier alpha value is -3.41. The molecule has 0 saturated carbocycles. The molecule has 3 aromatic rings. The number of methoxy groups -OCH3 is 1. The molecule has 2 N–H and O–H groups in total. The second kappa shape index (κ2) is 7.65. The van der Waals surface area contributed by atoms with E-state index in [1.807, 2.05) is 12.1 Å². The zero-order valence-corrected chi connectivity index (χ0v) is 14.2. The molecule has 1 amide bonds. The van der Waals surface area contributed by atoms with Gasteiger partial charge < -0.3 is 15.2 Å². The molecule has 0 unspecified atom stereocenters. The summed E-state index contributed by atoms with van der Waals surface area (Å²) in [5.74, 6) is -0.808. The van der Waals surface area contributed by atoms with E-state index in [1.165, 1.54) is 19.2 Å². The van der Waals surface area contributed by atoms with E-state index in [0.717, 1.165) is 10.9 Å². The number of para-hydroxylation sites is 1. The number of phenols is 1. The monoisotopic (exact) mass is 350 g/mol. The molecule has 0 aliphatic heterocycles. The Morgan fingerprint density at radius 2 is 1.85 bits per heavy atom. The number of aromatic hydroxyl groups is 1. The molecular weight excluding hydrogens is 332 g/mol. The highest BCUT2D eigenvalue weighted by Crippen LogP contribution is 2.17. The molecule has 2 aromatic carbocycles. The summed E-state index contributed by atoms with van der Waals surface area (Å²) in [6, 6.07) is 14.6. The summed E-state index contributed by atoms with van der Waals surface area (Å²) in [4.78, 5) is 29.1. The minimum atomic E-state index is -0.851. The van der Waals surface area contributed by atoms with Crippen molar-refractivity contribution in [3.63, 3.8) is 0 Å². The molecule has 0 aliphatic carbocycles. The van der Waals surface area contributed by atoms with Gasteiger partial charge >= 0.3 is 5.97 Å². The van der Waals surface area contributed by atoms with E-state index in [2.05, 4.69) is 10.3 Å². The van der Waals surface area contributed by atoms with Crippen molar-refractivity contribution in [2.75, 3.05) is 7.11 Å². The van der Waals surface area contributed by atoms with Gasteiger partial charge in [-0.15, -0.1) is 0 Å². The number of hydrogen-bond acceptors (Lipinski definition) is 5. The fourth-order valence-electron chi connectivity index (χ4n) is 2.73. The number of carbonyl (C=O) groups excluding carboxylic acids is 2. The Morgan fingerprint density at radius 1 is 1.12 bits per heavy atom. The Labute approximate surface area is 150 Å². The minimum absolute atomic E-state index is 0.134. The Balaban J connectivity index is 1.85. The number of hydrogen-bond donors (Lipinski definition) is 2. The number of phenolic OH excluding ortho intramolecular Hbond substituents is 1.